The zero-order valence-corrected chi connectivity index (χ0v) is 12.6. The van der Waals surface area contributed by atoms with Gasteiger partial charge < -0.3 is 10.4 Å². The van der Waals surface area contributed by atoms with Crippen LogP contribution in [0.4, 0.5) is 0 Å². The van der Waals surface area contributed by atoms with Crippen LogP contribution in [0, 0.1) is 11.3 Å². The summed E-state index contributed by atoms with van der Waals surface area (Å²) in [4.78, 5) is 25.5. The summed E-state index contributed by atoms with van der Waals surface area (Å²) in [5, 5.41) is 12.3. The molecule has 0 aromatic rings. The predicted octanol–water partition coefficient (Wildman–Crippen LogP) is 1.29. The van der Waals surface area contributed by atoms with E-state index in [1.807, 2.05) is 11.8 Å². The number of nitrogens with zero attached hydrogens (tertiary/aromatic N) is 1. The van der Waals surface area contributed by atoms with Crippen LogP contribution < -0.4 is 5.32 Å². The smallest absolute Gasteiger partial charge is 0.311 e. The molecule has 0 aromatic carbocycles. The van der Waals surface area contributed by atoms with E-state index in [0.717, 1.165) is 25.8 Å². The van der Waals surface area contributed by atoms with Gasteiger partial charge in [0.2, 0.25) is 5.91 Å². The lowest BCUT2D eigenvalue weighted by molar-refractivity contribution is -0.149. The molecule has 0 bridgehead atoms. The van der Waals surface area contributed by atoms with Crippen LogP contribution in [-0.2, 0) is 9.59 Å². The van der Waals surface area contributed by atoms with Crippen molar-refractivity contribution < 1.29 is 14.7 Å². The fourth-order valence-electron chi connectivity index (χ4n) is 3.46. The lowest BCUT2D eigenvalue weighted by Gasteiger charge is -2.26. The van der Waals surface area contributed by atoms with Gasteiger partial charge in [0.15, 0.2) is 0 Å². The normalized spacial score (nSPS) is 30.1. The standard InChI is InChI=1S/C14H22N2O3.ClH/c1-3-7-15-12(17)10(2)16-8-11-5-4-6-14(11,9-16)13(18)19;/h3,10-11H,1,4-9H2,2H3,(H,15,17)(H,18,19);1H/t10?,11-,14+;/m0./s1. The lowest BCUT2D eigenvalue weighted by Crippen LogP contribution is -2.45. The third-order valence-electron chi connectivity index (χ3n) is 4.67. The van der Waals surface area contributed by atoms with Crippen LogP contribution in [0.2, 0.25) is 0 Å². The molecule has 0 radical (unpaired) electrons. The Balaban J connectivity index is 0.00000200. The molecule has 2 fully saturated rings. The number of hydrogen-bond acceptors (Lipinski definition) is 3. The zero-order valence-electron chi connectivity index (χ0n) is 11.8. The van der Waals surface area contributed by atoms with Crippen molar-refractivity contribution in [1.82, 2.24) is 10.2 Å². The van der Waals surface area contributed by atoms with Crippen molar-refractivity contribution in [2.45, 2.75) is 32.2 Å². The molecule has 1 saturated carbocycles. The van der Waals surface area contributed by atoms with Crippen molar-refractivity contribution >= 4 is 24.3 Å². The van der Waals surface area contributed by atoms with Gasteiger partial charge in [0.05, 0.1) is 11.5 Å². The maximum atomic E-state index is 11.9. The second-order valence-electron chi connectivity index (χ2n) is 5.69. The number of likely N-dealkylation sites (tertiary alicyclic amines) is 1. The molecule has 1 amide bonds. The predicted molar refractivity (Wildman–Crippen MR) is 78.9 cm³/mol. The molecule has 2 aliphatic rings. The summed E-state index contributed by atoms with van der Waals surface area (Å²) in [6, 6.07) is -0.276. The minimum Gasteiger partial charge on any atom is -0.481 e. The number of carboxylic acids is 1. The van der Waals surface area contributed by atoms with Crippen molar-refractivity contribution in [2.24, 2.45) is 11.3 Å². The van der Waals surface area contributed by atoms with Gasteiger partial charge in [-0.15, -0.1) is 19.0 Å². The molecule has 6 heteroatoms. The van der Waals surface area contributed by atoms with E-state index in [1.54, 1.807) is 6.08 Å². The maximum Gasteiger partial charge on any atom is 0.311 e. The Kier molecular flexibility index (Phi) is 5.59. The van der Waals surface area contributed by atoms with Crippen molar-refractivity contribution in [3.05, 3.63) is 12.7 Å². The molecule has 1 aliphatic heterocycles. The Morgan fingerprint density at radius 3 is 2.85 bits per heavy atom. The number of rotatable bonds is 5. The third-order valence-corrected chi connectivity index (χ3v) is 4.67. The van der Waals surface area contributed by atoms with E-state index in [-0.39, 0.29) is 30.3 Å². The van der Waals surface area contributed by atoms with Crippen LogP contribution in [0.3, 0.4) is 0 Å². The van der Waals surface area contributed by atoms with E-state index in [4.69, 9.17) is 0 Å². The summed E-state index contributed by atoms with van der Waals surface area (Å²) in [5.74, 6) is -0.559. The fourth-order valence-corrected chi connectivity index (χ4v) is 3.46. The van der Waals surface area contributed by atoms with E-state index >= 15 is 0 Å². The Morgan fingerprint density at radius 2 is 2.30 bits per heavy atom. The molecule has 2 N–H and O–H groups in total. The van der Waals surface area contributed by atoms with Gasteiger partial charge in [0, 0.05) is 19.6 Å². The van der Waals surface area contributed by atoms with Crippen molar-refractivity contribution in [3.8, 4) is 0 Å². The Labute approximate surface area is 125 Å². The number of fused-ring (bicyclic) bond motifs is 1. The lowest BCUT2D eigenvalue weighted by atomic mass is 9.81. The van der Waals surface area contributed by atoms with Gasteiger partial charge in [-0.25, -0.2) is 0 Å². The van der Waals surface area contributed by atoms with E-state index in [0.29, 0.717) is 13.1 Å². The van der Waals surface area contributed by atoms with Crippen LogP contribution >= 0.6 is 12.4 Å². The second kappa shape index (κ2) is 6.59. The van der Waals surface area contributed by atoms with Crippen LogP contribution in [0.15, 0.2) is 12.7 Å². The number of aliphatic carboxylic acids is 1. The first kappa shape index (κ1) is 17.0. The molecule has 5 nitrogen and oxygen atoms in total. The molecule has 2 rings (SSSR count). The Bertz CT molecular complexity index is 402. The minimum absolute atomic E-state index is 0. The maximum absolute atomic E-state index is 11.9. The summed E-state index contributed by atoms with van der Waals surface area (Å²) >= 11 is 0. The van der Waals surface area contributed by atoms with Crippen LogP contribution in [-0.4, -0.2) is 47.6 Å². The molecule has 1 saturated heterocycles. The number of hydrogen-bond donors (Lipinski definition) is 2. The van der Waals surface area contributed by atoms with Gasteiger partial charge in [0.1, 0.15) is 0 Å². The van der Waals surface area contributed by atoms with Crippen molar-refractivity contribution in [2.75, 3.05) is 19.6 Å². The number of carboxylic acid groups (broad SMARTS) is 1. The van der Waals surface area contributed by atoms with Crippen molar-refractivity contribution in [3.63, 3.8) is 0 Å². The quantitative estimate of drug-likeness (QED) is 0.751. The first-order chi connectivity index (χ1) is 9.01. The Hall–Kier alpha value is -1.07. The highest BCUT2D eigenvalue weighted by Crippen LogP contribution is 2.49. The fraction of sp³-hybridized carbons (Fsp3) is 0.714. The topological polar surface area (TPSA) is 69.6 Å². The summed E-state index contributed by atoms with van der Waals surface area (Å²) in [6.45, 7) is 7.07. The third kappa shape index (κ3) is 2.83. The van der Waals surface area contributed by atoms with Gasteiger partial charge in [-0.1, -0.05) is 12.5 Å². The number of carbonyl (C=O) groups excluding carboxylic acids is 1. The monoisotopic (exact) mass is 302 g/mol. The molecular weight excluding hydrogens is 280 g/mol. The largest absolute Gasteiger partial charge is 0.481 e. The van der Waals surface area contributed by atoms with Gasteiger partial charge in [-0.2, -0.15) is 0 Å². The summed E-state index contributed by atoms with van der Waals surface area (Å²) in [7, 11) is 0. The van der Waals surface area contributed by atoms with Gasteiger partial charge in [0.25, 0.3) is 0 Å². The summed E-state index contributed by atoms with van der Waals surface area (Å²) < 4.78 is 0. The molecule has 0 aromatic heterocycles. The summed E-state index contributed by atoms with van der Waals surface area (Å²) in [6.07, 6.45) is 4.33. The van der Waals surface area contributed by atoms with Crippen LogP contribution in [0.5, 0.6) is 0 Å². The van der Waals surface area contributed by atoms with E-state index in [1.165, 1.54) is 0 Å². The molecule has 1 aliphatic carbocycles. The van der Waals surface area contributed by atoms with E-state index < -0.39 is 11.4 Å². The molecular formula is C14H23ClN2O3. The highest BCUT2D eigenvalue weighted by atomic mass is 35.5. The average Bonchev–Trinajstić information content (AvgIpc) is 2.92. The van der Waals surface area contributed by atoms with Crippen LogP contribution in [0.25, 0.3) is 0 Å². The number of nitrogens with one attached hydrogen (secondary N) is 1. The molecule has 1 unspecified atom stereocenters. The minimum atomic E-state index is -0.698. The van der Waals surface area contributed by atoms with Crippen molar-refractivity contribution in [1.29, 1.82) is 0 Å². The average molecular weight is 303 g/mol. The highest BCUT2D eigenvalue weighted by Gasteiger charge is 2.55. The molecule has 3 atom stereocenters. The Morgan fingerprint density at radius 1 is 1.60 bits per heavy atom. The number of carbonyl (C=O) groups is 2. The summed E-state index contributed by atoms with van der Waals surface area (Å²) in [5.41, 5.74) is -0.618. The zero-order chi connectivity index (χ0) is 14.0. The van der Waals surface area contributed by atoms with Crippen LogP contribution in [0.1, 0.15) is 26.2 Å². The first-order valence-corrected chi connectivity index (χ1v) is 6.87. The number of amides is 1. The van der Waals surface area contributed by atoms with Gasteiger partial charge >= 0.3 is 5.97 Å². The second-order valence-corrected chi connectivity index (χ2v) is 5.69. The molecule has 20 heavy (non-hydrogen) atoms. The van der Waals surface area contributed by atoms with Gasteiger partial charge in [-0.05, 0) is 25.7 Å². The van der Waals surface area contributed by atoms with E-state index in [9.17, 15) is 14.7 Å². The highest BCUT2D eigenvalue weighted by molar-refractivity contribution is 5.85. The van der Waals surface area contributed by atoms with E-state index in [2.05, 4.69) is 11.9 Å². The van der Waals surface area contributed by atoms with Gasteiger partial charge in [-0.3, -0.25) is 14.5 Å². The number of halogens is 1. The first-order valence-electron chi connectivity index (χ1n) is 6.87. The molecule has 114 valence electrons. The molecule has 1 heterocycles. The SMILES string of the molecule is C=CCNC(=O)C(C)N1C[C@@H]2CCC[C@@]2(C(=O)O)C1.Cl. The molecule has 0 spiro atoms.